The predicted octanol–water partition coefficient (Wildman–Crippen LogP) is 2.80. The fraction of sp³-hybridized carbons (Fsp3) is 0.333. The Balaban J connectivity index is 1.22. The first kappa shape index (κ1) is 26.5. The molecule has 208 valence electrons. The molecule has 6 rings (SSSR count). The number of nitrogens with zero attached hydrogens (tertiary/aromatic N) is 5. The van der Waals surface area contributed by atoms with Gasteiger partial charge in [0.05, 0.1) is 34.7 Å². The molecule has 40 heavy (non-hydrogen) atoms. The number of hydrogen-bond acceptors (Lipinski definition) is 7. The van der Waals surface area contributed by atoms with E-state index in [1.165, 1.54) is 33.9 Å². The third-order valence-electron chi connectivity index (χ3n) is 7.42. The van der Waals surface area contributed by atoms with E-state index in [9.17, 15) is 23.1 Å². The summed E-state index contributed by atoms with van der Waals surface area (Å²) in [5, 5.41) is 15.9. The lowest BCUT2D eigenvalue weighted by atomic mass is 9.91. The molecule has 13 heteroatoms. The smallest absolute Gasteiger partial charge is 0.264 e. The van der Waals surface area contributed by atoms with Crippen LogP contribution in [0.4, 0.5) is 5.69 Å². The van der Waals surface area contributed by atoms with E-state index in [1.807, 2.05) is 4.90 Å². The largest absolute Gasteiger partial charge is 0.388 e. The minimum absolute atomic E-state index is 0.0457. The standard InChI is InChI=1S/C27H27ClN6O5S/c28-22-6-1-2-7-23(22)40(38,39)31-19-4-3-5-20(14-19)34-24-21(15-30-34)26(36)33(17-29-24)16-27(37)10-12-32(13-11-27)25(35)18-8-9-18/h1-7,14-15,17-18,31,37H,8-13,16H2. The number of aliphatic hydroxyl groups is 1. The fourth-order valence-corrected chi connectivity index (χ4v) is 6.60. The van der Waals surface area contributed by atoms with E-state index >= 15 is 0 Å². The number of anilines is 1. The Labute approximate surface area is 235 Å². The number of nitrogens with one attached hydrogen (secondary N) is 1. The second-order valence-corrected chi connectivity index (χ2v) is 12.4. The number of hydrogen-bond donors (Lipinski definition) is 2. The van der Waals surface area contributed by atoms with Gasteiger partial charge in [-0.05, 0) is 56.0 Å². The van der Waals surface area contributed by atoms with Crippen molar-refractivity contribution in [3.63, 3.8) is 0 Å². The van der Waals surface area contributed by atoms with Crippen LogP contribution < -0.4 is 10.3 Å². The molecule has 1 aliphatic carbocycles. The lowest BCUT2D eigenvalue weighted by Gasteiger charge is -2.38. The molecule has 0 unspecified atom stereocenters. The maximum absolute atomic E-state index is 13.3. The number of carbonyl (C=O) groups excluding carboxylic acids is 1. The Morgan fingerprint density at radius 2 is 1.88 bits per heavy atom. The number of sulfonamides is 1. The van der Waals surface area contributed by atoms with Crippen LogP contribution in [0.25, 0.3) is 16.7 Å². The van der Waals surface area contributed by atoms with Gasteiger partial charge < -0.3 is 10.0 Å². The molecule has 2 aromatic carbocycles. The number of halogens is 1. The van der Waals surface area contributed by atoms with Gasteiger partial charge in [-0.3, -0.25) is 18.9 Å². The SMILES string of the molecule is O=C(C1CC1)N1CCC(O)(Cn2cnc3c(cnn3-c3cccc(NS(=O)(=O)c4ccccc4Cl)c3)c2=O)CC1. The molecule has 2 N–H and O–H groups in total. The highest BCUT2D eigenvalue weighted by atomic mass is 35.5. The summed E-state index contributed by atoms with van der Waals surface area (Å²) in [5.74, 6) is 0.302. The van der Waals surface area contributed by atoms with Gasteiger partial charge in [0.1, 0.15) is 16.6 Å². The molecule has 3 heterocycles. The summed E-state index contributed by atoms with van der Waals surface area (Å²) in [7, 11) is -3.94. The van der Waals surface area contributed by atoms with E-state index in [0.29, 0.717) is 37.3 Å². The Morgan fingerprint density at radius 3 is 2.60 bits per heavy atom. The highest BCUT2D eigenvalue weighted by molar-refractivity contribution is 7.92. The molecule has 1 aliphatic heterocycles. The van der Waals surface area contributed by atoms with Crippen molar-refractivity contribution < 1.29 is 18.3 Å². The summed E-state index contributed by atoms with van der Waals surface area (Å²) in [6, 6.07) is 12.7. The van der Waals surface area contributed by atoms with Crippen molar-refractivity contribution in [2.75, 3.05) is 17.8 Å². The number of aromatic nitrogens is 4. The van der Waals surface area contributed by atoms with Crippen LogP contribution in [0.1, 0.15) is 25.7 Å². The Hall–Kier alpha value is -3.74. The third-order valence-corrected chi connectivity index (χ3v) is 9.30. The van der Waals surface area contributed by atoms with Gasteiger partial charge in [0.2, 0.25) is 5.91 Å². The minimum Gasteiger partial charge on any atom is -0.388 e. The van der Waals surface area contributed by atoms with Crippen molar-refractivity contribution in [1.29, 1.82) is 0 Å². The van der Waals surface area contributed by atoms with E-state index in [0.717, 1.165) is 12.8 Å². The zero-order valence-electron chi connectivity index (χ0n) is 21.4. The van der Waals surface area contributed by atoms with Crippen molar-refractivity contribution in [3.05, 3.63) is 76.4 Å². The van der Waals surface area contributed by atoms with Crippen molar-refractivity contribution in [3.8, 4) is 5.69 Å². The lowest BCUT2D eigenvalue weighted by Crippen LogP contribution is -2.50. The number of rotatable bonds is 7. The molecule has 1 saturated carbocycles. The van der Waals surface area contributed by atoms with Crippen LogP contribution in [-0.4, -0.2) is 62.4 Å². The highest BCUT2D eigenvalue weighted by Gasteiger charge is 2.39. The Bertz CT molecular complexity index is 1770. The van der Waals surface area contributed by atoms with E-state index in [2.05, 4.69) is 14.8 Å². The summed E-state index contributed by atoms with van der Waals surface area (Å²) in [6.45, 7) is 0.986. The van der Waals surface area contributed by atoms with E-state index < -0.39 is 15.6 Å². The van der Waals surface area contributed by atoms with Crippen LogP contribution in [0.15, 0.2) is 70.7 Å². The van der Waals surface area contributed by atoms with Crippen molar-refractivity contribution in [2.45, 2.75) is 42.7 Å². The molecule has 0 spiro atoms. The van der Waals surface area contributed by atoms with Gasteiger partial charge in [0.15, 0.2) is 5.65 Å². The number of amides is 1. The minimum atomic E-state index is -3.94. The number of fused-ring (bicyclic) bond motifs is 1. The molecule has 1 saturated heterocycles. The molecule has 2 aromatic heterocycles. The number of benzene rings is 2. The van der Waals surface area contributed by atoms with Gasteiger partial charge in [-0.2, -0.15) is 5.10 Å². The van der Waals surface area contributed by atoms with E-state index in [-0.39, 0.29) is 44.9 Å². The summed E-state index contributed by atoms with van der Waals surface area (Å²) in [4.78, 5) is 31.8. The Morgan fingerprint density at radius 1 is 1.12 bits per heavy atom. The normalized spacial score (nSPS) is 17.2. The summed E-state index contributed by atoms with van der Waals surface area (Å²) >= 11 is 6.08. The van der Waals surface area contributed by atoms with Gasteiger partial charge in [0.25, 0.3) is 15.6 Å². The molecule has 1 amide bonds. The predicted molar refractivity (Wildman–Crippen MR) is 149 cm³/mol. The second kappa shape index (κ2) is 10.0. The van der Waals surface area contributed by atoms with Gasteiger partial charge in [-0.15, -0.1) is 0 Å². The number of likely N-dealkylation sites (tertiary alicyclic amines) is 1. The molecule has 0 bridgehead atoms. The first-order chi connectivity index (χ1) is 19.1. The van der Waals surface area contributed by atoms with Crippen LogP contribution in [0, 0.1) is 5.92 Å². The van der Waals surface area contributed by atoms with Crippen LogP contribution >= 0.6 is 11.6 Å². The number of carbonyl (C=O) groups is 1. The third kappa shape index (κ3) is 5.09. The quantitative estimate of drug-likeness (QED) is 0.341. The first-order valence-electron chi connectivity index (χ1n) is 13.0. The topological polar surface area (TPSA) is 139 Å². The van der Waals surface area contributed by atoms with Gasteiger partial charge in [-0.1, -0.05) is 29.8 Å². The van der Waals surface area contributed by atoms with Gasteiger partial charge in [0, 0.05) is 19.0 Å². The molecule has 0 atom stereocenters. The second-order valence-electron chi connectivity index (χ2n) is 10.4. The molecular formula is C27H27ClN6O5S. The van der Waals surface area contributed by atoms with Gasteiger partial charge >= 0.3 is 0 Å². The fourth-order valence-electron chi connectivity index (χ4n) is 5.03. The monoisotopic (exact) mass is 582 g/mol. The van der Waals surface area contributed by atoms with Crippen LogP contribution in [-0.2, 0) is 21.4 Å². The maximum atomic E-state index is 13.3. The average Bonchev–Trinajstić information content (AvgIpc) is 3.69. The van der Waals surface area contributed by atoms with E-state index in [1.54, 1.807) is 36.4 Å². The summed E-state index contributed by atoms with van der Waals surface area (Å²) in [5.41, 5.74) is -0.405. The average molecular weight is 583 g/mol. The van der Waals surface area contributed by atoms with E-state index in [4.69, 9.17) is 11.6 Å². The van der Waals surface area contributed by atoms with Crippen molar-refractivity contribution >= 4 is 44.3 Å². The van der Waals surface area contributed by atoms with Crippen molar-refractivity contribution in [1.82, 2.24) is 24.2 Å². The first-order valence-corrected chi connectivity index (χ1v) is 14.8. The molecule has 2 fully saturated rings. The molecular weight excluding hydrogens is 556 g/mol. The molecule has 2 aliphatic rings. The Kier molecular flexibility index (Phi) is 6.64. The lowest BCUT2D eigenvalue weighted by molar-refractivity contribution is -0.137. The van der Waals surface area contributed by atoms with Gasteiger partial charge in [-0.25, -0.2) is 18.1 Å². The zero-order valence-corrected chi connectivity index (χ0v) is 23.0. The molecule has 0 radical (unpaired) electrons. The summed E-state index contributed by atoms with van der Waals surface area (Å²) < 4.78 is 31.1. The number of piperidine rings is 1. The zero-order chi connectivity index (χ0) is 28.1. The molecule has 4 aromatic rings. The van der Waals surface area contributed by atoms with Crippen LogP contribution in [0.5, 0.6) is 0 Å². The molecule has 11 nitrogen and oxygen atoms in total. The summed E-state index contributed by atoms with van der Waals surface area (Å²) in [6.07, 6.45) is 5.43. The van der Waals surface area contributed by atoms with Crippen LogP contribution in [0.3, 0.4) is 0 Å². The maximum Gasteiger partial charge on any atom is 0.264 e. The highest BCUT2D eigenvalue weighted by Crippen LogP contribution is 2.33. The van der Waals surface area contributed by atoms with Crippen LogP contribution in [0.2, 0.25) is 5.02 Å². The van der Waals surface area contributed by atoms with Crippen molar-refractivity contribution in [2.24, 2.45) is 5.92 Å².